The van der Waals surface area contributed by atoms with Crippen LogP contribution in [0.4, 0.5) is 11.4 Å². The van der Waals surface area contributed by atoms with E-state index < -0.39 is 0 Å². The Balaban J connectivity index is 2.01. The number of nitrogens with two attached hydrogens (primary N) is 1. The molecule has 136 valence electrons. The van der Waals surface area contributed by atoms with Crippen molar-refractivity contribution in [2.24, 2.45) is 0 Å². The predicted octanol–water partition coefficient (Wildman–Crippen LogP) is 4.07. The molecule has 0 aliphatic rings. The second-order valence-electron chi connectivity index (χ2n) is 5.99. The van der Waals surface area contributed by atoms with Gasteiger partial charge in [0.1, 0.15) is 21.2 Å². The zero-order chi connectivity index (χ0) is 19.0. The summed E-state index contributed by atoms with van der Waals surface area (Å²) in [6.45, 7) is 5.97. The predicted molar refractivity (Wildman–Crippen MR) is 106 cm³/mol. The van der Waals surface area contributed by atoms with Crippen LogP contribution < -0.4 is 20.5 Å². The van der Waals surface area contributed by atoms with Gasteiger partial charge >= 0.3 is 0 Å². The molecule has 26 heavy (non-hydrogen) atoms. The van der Waals surface area contributed by atoms with Crippen molar-refractivity contribution in [3.63, 3.8) is 0 Å². The summed E-state index contributed by atoms with van der Waals surface area (Å²) in [5.74, 6) is 0.869. The normalized spacial score (nSPS) is 10.8. The van der Waals surface area contributed by atoms with Crippen molar-refractivity contribution in [3.8, 4) is 11.5 Å². The number of aromatic nitrogens is 1. The van der Waals surface area contributed by atoms with Gasteiger partial charge in [-0.1, -0.05) is 0 Å². The van der Waals surface area contributed by atoms with Crippen molar-refractivity contribution in [2.45, 2.75) is 20.8 Å². The zero-order valence-corrected chi connectivity index (χ0v) is 16.2. The van der Waals surface area contributed by atoms with E-state index in [4.69, 9.17) is 15.2 Å². The van der Waals surface area contributed by atoms with E-state index in [0.717, 1.165) is 27.0 Å². The van der Waals surface area contributed by atoms with Gasteiger partial charge in [-0.05, 0) is 44.0 Å². The second kappa shape index (κ2) is 6.84. The van der Waals surface area contributed by atoms with Crippen molar-refractivity contribution in [1.82, 2.24) is 4.98 Å². The number of hydrogen-bond acceptors (Lipinski definition) is 6. The highest BCUT2D eigenvalue weighted by molar-refractivity contribution is 7.21. The standard InChI is InChI=1S/C19H21N3O3S/c1-9-10(2)15-16(20)17(26-19(15)21-11(9)3)18(23)22-13-7-6-12(24-4)8-14(13)25-5/h6-8H,20H2,1-5H3,(H,22,23). The maximum absolute atomic E-state index is 12.8. The van der Waals surface area contributed by atoms with Gasteiger partial charge in [-0.2, -0.15) is 0 Å². The van der Waals surface area contributed by atoms with Gasteiger partial charge in [-0.25, -0.2) is 4.98 Å². The van der Waals surface area contributed by atoms with Gasteiger partial charge in [0.15, 0.2) is 0 Å². The van der Waals surface area contributed by atoms with Crippen LogP contribution in [0, 0.1) is 20.8 Å². The summed E-state index contributed by atoms with van der Waals surface area (Å²) in [7, 11) is 3.11. The lowest BCUT2D eigenvalue weighted by atomic mass is 10.1. The number of anilines is 2. The molecule has 0 fully saturated rings. The largest absolute Gasteiger partial charge is 0.497 e. The number of pyridine rings is 1. The maximum atomic E-state index is 12.8. The number of aryl methyl sites for hydroxylation is 2. The molecule has 0 aliphatic heterocycles. The molecule has 7 heteroatoms. The van der Waals surface area contributed by atoms with Crippen LogP contribution in [0.2, 0.25) is 0 Å². The number of amides is 1. The van der Waals surface area contributed by atoms with Crippen LogP contribution in [0.25, 0.3) is 10.2 Å². The Kier molecular flexibility index (Phi) is 4.73. The molecular formula is C19H21N3O3S. The van der Waals surface area contributed by atoms with E-state index in [1.807, 2.05) is 20.8 Å². The number of ether oxygens (including phenoxy) is 2. The molecule has 1 aromatic carbocycles. The fourth-order valence-corrected chi connectivity index (χ4v) is 3.91. The molecule has 3 N–H and O–H groups in total. The lowest BCUT2D eigenvalue weighted by molar-refractivity contribution is 0.103. The quantitative estimate of drug-likeness (QED) is 0.722. The number of hydrogen-bond donors (Lipinski definition) is 2. The SMILES string of the molecule is COc1ccc(NC(=O)c2sc3nc(C)c(C)c(C)c3c2N)c(OC)c1. The van der Waals surface area contributed by atoms with Crippen molar-refractivity contribution >= 4 is 38.8 Å². The molecular weight excluding hydrogens is 350 g/mol. The van der Waals surface area contributed by atoms with E-state index >= 15 is 0 Å². The summed E-state index contributed by atoms with van der Waals surface area (Å²) in [4.78, 5) is 18.6. The Morgan fingerprint density at radius 3 is 2.54 bits per heavy atom. The molecule has 3 rings (SSSR count). The number of thiophene rings is 1. The number of carbonyl (C=O) groups excluding carboxylic acids is 1. The van der Waals surface area contributed by atoms with Crippen molar-refractivity contribution in [3.05, 3.63) is 39.9 Å². The highest BCUT2D eigenvalue weighted by Gasteiger charge is 2.21. The summed E-state index contributed by atoms with van der Waals surface area (Å²) in [6.07, 6.45) is 0. The Morgan fingerprint density at radius 1 is 1.15 bits per heavy atom. The molecule has 0 saturated carbocycles. The van der Waals surface area contributed by atoms with E-state index in [1.54, 1.807) is 25.3 Å². The number of nitrogen functional groups attached to an aromatic ring is 1. The third-order valence-electron chi connectivity index (χ3n) is 4.54. The van der Waals surface area contributed by atoms with Crippen LogP contribution >= 0.6 is 11.3 Å². The first kappa shape index (κ1) is 18.0. The van der Waals surface area contributed by atoms with Gasteiger partial charge in [0.2, 0.25) is 0 Å². The van der Waals surface area contributed by atoms with Crippen LogP contribution in [-0.4, -0.2) is 25.1 Å². The van der Waals surface area contributed by atoms with Crippen molar-refractivity contribution in [2.75, 3.05) is 25.3 Å². The second-order valence-corrected chi connectivity index (χ2v) is 6.99. The Hall–Kier alpha value is -2.80. The number of nitrogens with one attached hydrogen (secondary N) is 1. The van der Waals surface area contributed by atoms with Crippen molar-refractivity contribution in [1.29, 1.82) is 0 Å². The van der Waals surface area contributed by atoms with E-state index in [2.05, 4.69) is 10.3 Å². The van der Waals surface area contributed by atoms with Gasteiger partial charge in [0.25, 0.3) is 5.91 Å². The van der Waals surface area contributed by atoms with Gasteiger partial charge < -0.3 is 20.5 Å². The number of methoxy groups -OCH3 is 2. The molecule has 2 heterocycles. The van der Waals surface area contributed by atoms with E-state index in [9.17, 15) is 4.79 Å². The average Bonchev–Trinajstić information content (AvgIpc) is 2.96. The Morgan fingerprint density at radius 2 is 1.88 bits per heavy atom. The number of fused-ring (bicyclic) bond motifs is 1. The summed E-state index contributed by atoms with van der Waals surface area (Å²) < 4.78 is 10.5. The first-order valence-electron chi connectivity index (χ1n) is 8.06. The lowest BCUT2D eigenvalue weighted by Gasteiger charge is -2.11. The first-order chi connectivity index (χ1) is 12.4. The Bertz CT molecular complexity index is 1010. The van der Waals surface area contributed by atoms with Gasteiger partial charge in [0, 0.05) is 17.1 Å². The molecule has 0 radical (unpaired) electrons. The topological polar surface area (TPSA) is 86.5 Å². The third kappa shape index (κ3) is 2.94. The number of rotatable bonds is 4. The summed E-state index contributed by atoms with van der Waals surface area (Å²) in [6, 6.07) is 5.20. The van der Waals surface area contributed by atoms with Crippen LogP contribution in [0.3, 0.4) is 0 Å². The van der Waals surface area contributed by atoms with Gasteiger partial charge in [-0.3, -0.25) is 4.79 Å². The minimum atomic E-state index is -0.288. The number of benzene rings is 1. The highest BCUT2D eigenvalue weighted by atomic mass is 32.1. The average molecular weight is 371 g/mol. The summed E-state index contributed by atoms with van der Waals surface area (Å²) in [5.41, 5.74) is 10.4. The van der Waals surface area contributed by atoms with E-state index in [-0.39, 0.29) is 5.91 Å². The van der Waals surface area contributed by atoms with Crippen LogP contribution in [0.1, 0.15) is 26.5 Å². The molecule has 3 aromatic rings. The fraction of sp³-hybridized carbons (Fsp3) is 0.263. The van der Waals surface area contributed by atoms with E-state index in [0.29, 0.717) is 27.8 Å². The molecule has 0 aliphatic carbocycles. The molecule has 0 bridgehead atoms. The van der Waals surface area contributed by atoms with Crippen molar-refractivity contribution < 1.29 is 14.3 Å². The summed E-state index contributed by atoms with van der Waals surface area (Å²) >= 11 is 1.30. The zero-order valence-electron chi connectivity index (χ0n) is 15.4. The molecule has 0 atom stereocenters. The first-order valence-corrected chi connectivity index (χ1v) is 8.88. The highest BCUT2D eigenvalue weighted by Crippen LogP contribution is 2.37. The minimum Gasteiger partial charge on any atom is -0.497 e. The third-order valence-corrected chi connectivity index (χ3v) is 5.64. The van der Waals surface area contributed by atoms with Crippen LogP contribution in [0.15, 0.2) is 18.2 Å². The number of carbonyl (C=O) groups is 1. The van der Waals surface area contributed by atoms with Crippen LogP contribution in [0.5, 0.6) is 11.5 Å². The monoisotopic (exact) mass is 371 g/mol. The van der Waals surface area contributed by atoms with Crippen LogP contribution in [-0.2, 0) is 0 Å². The molecule has 6 nitrogen and oxygen atoms in total. The summed E-state index contributed by atoms with van der Waals surface area (Å²) in [5, 5.41) is 3.71. The molecule has 1 amide bonds. The minimum absolute atomic E-state index is 0.288. The molecule has 0 spiro atoms. The van der Waals surface area contributed by atoms with E-state index in [1.165, 1.54) is 18.4 Å². The van der Waals surface area contributed by atoms with Gasteiger partial charge in [-0.15, -0.1) is 11.3 Å². The lowest BCUT2D eigenvalue weighted by Crippen LogP contribution is -2.12. The maximum Gasteiger partial charge on any atom is 0.268 e. The Labute approximate surface area is 155 Å². The molecule has 2 aromatic heterocycles. The smallest absolute Gasteiger partial charge is 0.268 e. The fourth-order valence-electron chi connectivity index (χ4n) is 2.82. The van der Waals surface area contributed by atoms with Gasteiger partial charge in [0.05, 0.1) is 25.6 Å². The molecule has 0 saturated heterocycles. The number of nitrogens with zero attached hydrogens (tertiary/aromatic N) is 1. The molecule has 0 unspecified atom stereocenters.